The van der Waals surface area contributed by atoms with Gasteiger partial charge in [0.25, 0.3) is 0 Å². The highest BCUT2D eigenvalue weighted by molar-refractivity contribution is 5.87. The van der Waals surface area contributed by atoms with Crippen molar-refractivity contribution in [3.63, 3.8) is 0 Å². The number of rotatable bonds is 6. The Hall–Kier alpha value is -4.57. The molecule has 0 spiro atoms. The predicted molar refractivity (Wildman–Crippen MR) is 159 cm³/mol. The van der Waals surface area contributed by atoms with Crippen LogP contribution in [0.4, 0.5) is 22.0 Å². The average molecular weight is 621 g/mol. The van der Waals surface area contributed by atoms with Crippen molar-refractivity contribution in [1.82, 2.24) is 9.88 Å². The van der Waals surface area contributed by atoms with Crippen LogP contribution < -0.4 is 14.2 Å². The Kier molecular flexibility index (Phi) is 7.19. The maximum Gasteiger partial charge on any atom is 0.419 e. The van der Waals surface area contributed by atoms with Gasteiger partial charge in [0, 0.05) is 29.2 Å². The minimum Gasteiger partial charge on any atom is -0.497 e. The summed E-state index contributed by atoms with van der Waals surface area (Å²) < 4.78 is 84.7. The van der Waals surface area contributed by atoms with E-state index in [1.807, 2.05) is 42.5 Å². The van der Waals surface area contributed by atoms with Crippen LogP contribution in [0.25, 0.3) is 10.9 Å². The first-order chi connectivity index (χ1) is 21.6. The van der Waals surface area contributed by atoms with Gasteiger partial charge in [0.05, 0.1) is 25.8 Å². The monoisotopic (exact) mass is 620 g/mol. The number of hydrogen-bond acceptors (Lipinski definition) is 4. The third-order valence-corrected chi connectivity index (χ3v) is 8.89. The molecule has 2 atom stereocenters. The number of fused-ring (bicyclic) bond motifs is 6. The van der Waals surface area contributed by atoms with E-state index in [4.69, 9.17) is 14.2 Å². The molecule has 0 amide bonds. The number of benzene rings is 4. The highest BCUT2D eigenvalue weighted by Crippen LogP contribution is 2.50. The van der Waals surface area contributed by atoms with Crippen molar-refractivity contribution in [2.75, 3.05) is 20.8 Å². The van der Waals surface area contributed by atoms with E-state index in [-0.39, 0.29) is 30.1 Å². The molecule has 0 fully saturated rings. The van der Waals surface area contributed by atoms with E-state index in [1.165, 1.54) is 25.3 Å². The van der Waals surface area contributed by atoms with Crippen molar-refractivity contribution in [2.45, 2.75) is 37.7 Å². The van der Waals surface area contributed by atoms with Gasteiger partial charge in [-0.15, -0.1) is 0 Å². The summed E-state index contributed by atoms with van der Waals surface area (Å²) in [5.74, 6) is -0.0225. The zero-order valence-electron chi connectivity index (χ0n) is 24.5. The number of halogens is 5. The molecule has 0 bridgehead atoms. The Morgan fingerprint density at radius 1 is 0.889 bits per heavy atom. The Labute approximate surface area is 256 Å². The van der Waals surface area contributed by atoms with Crippen LogP contribution in [0.15, 0.2) is 72.8 Å². The molecule has 10 heteroatoms. The zero-order chi connectivity index (χ0) is 31.5. The van der Waals surface area contributed by atoms with Gasteiger partial charge in [-0.1, -0.05) is 18.2 Å². The highest BCUT2D eigenvalue weighted by Gasteiger charge is 2.41. The molecule has 45 heavy (non-hydrogen) atoms. The van der Waals surface area contributed by atoms with E-state index in [1.54, 1.807) is 7.11 Å². The summed E-state index contributed by atoms with van der Waals surface area (Å²) in [6.45, 7) is 0.592. The fourth-order valence-electron chi connectivity index (χ4n) is 6.77. The van der Waals surface area contributed by atoms with Crippen molar-refractivity contribution in [3.8, 4) is 17.2 Å². The SMILES string of the molecule is COc1ccc2[nH]c3c(c2c1)CC1c2cc(OCc4ccc(C(F)(F)F)c(F)c4)c(OC)cc2CCN1C3c1ccc(F)cc1. The zero-order valence-corrected chi connectivity index (χ0v) is 24.5. The summed E-state index contributed by atoms with van der Waals surface area (Å²) in [5, 5.41) is 1.05. The third kappa shape index (κ3) is 5.16. The minimum absolute atomic E-state index is 0.0710. The fraction of sp³-hybridized carbons (Fsp3) is 0.257. The lowest BCUT2D eigenvalue weighted by molar-refractivity contribution is -0.140. The number of H-pyrrole nitrogens is 1. The van der Waals surface area contributed by atoms with Gasteiger partial charge >= 0.3 is 6.18 Å². The molecule has 3 heterocycles. The van der Waals surface area contributed by atoms with Gasteiger partial charge in [-0.3, -0.25) is 4.90 Å². The van der Waals surface area contributed by atoms with Gasteiger partial charge in [0.15, 0.2) is 11.5 Å². The molecule has 2 aliphatic rings. The van der Waals surface area contributed by atoms with E-state index in [0.29, 0.717) is 17.9 Å². The molecular weight excluding hydrogens is 591 g/mol. The molecule has 232 valence electrons. The molecular formula is C35H29F5N2O3. The average Bonchev–Trinajstić information content (AvgIpc) is 3.39. The van der Waals surface area contributed by atoms with Gasteiger partial charge < -0.3 is 19.2 Å². The summed E-state index contributed by atoms with van der Waals surface area (Å²) in [6, 6.07) is 18.9. The van der Waals surface area contributed by atoms with E-state index < -0.39 is 17.6 Å². The van der Waals surface area contributed by atoms with E-state index in [9.17, 15) is 22.0 Å². The van der Waals surface area contributed by atoms with Crippen LogP contribution >= 0.6 is 0 Å². The molecule has 1 aromatic heterocycles. The number of methoxy groups -OCH3 is 2. The molecule has 2 aliphatic heterocycles. The number of nitrogens with one attached hydrogen (secondary N) is 1. The van der Waals surface area contributed by atoms with Crippen LogP contribution in [0.1, 0.15) is 51.2 Å². The van der Waals surface area contributed by atoms with Crippen LogP contribution in [0, 0.1) is 11.6 Å². The maximum absolute atomic E-state index is 14.2. The molecule has 1 N–H and O–H groups in total. The smallest absolute Gasteiger partial charge is 0.419 e. The predicted octanol–water partition coefficient (Wildman–Crippen LogP) is 8.31. The third-order valence-electron chi connectivity index (χ3n) is 8.89. The summed E-state index contributed by atoms with van der Waals surface area (Å²) in [7, 11) is 3.16. The van der Waals surface area contributed by atoms with Gasteiger partial charge in [0.2, 0.25) is 0 Å². The van der Waals surface area contributed by atoms with Crippen LogP contribution in [-0.4, -0.2) is 30.6 Å². The molecule has 7 rings (SSSR count). The van der Waals surface area contributed by atoms with E-state index >= 15 is 0 Å². The molecule has 0 saturated heterocycles. The lowest BCUT2D eigenvalue weighted by atomic mass is 9.80. The quantitative estimate of drug-likeness (QED) is 0.194. The van der Waals surface area contributed by atoms with Gasteiger partial charge in [-0.2, -0.15) is 13.2 Å². The molecule has 5 aromatic rings. The van der Waals surface area contributed by atoms with Crippen molar-refractivity contribution < 1.29 is 36.2 Å². The molecule has 0 radical (unpaired) electrons. The summed E-state index contributed by atoms with van der Waals surface area (Å²) >= 11 is 0. The van der Waals surface area contributed by atoms with Gasteiger partial charge in [0.1, 0.15) is 24.0 Å². The van der Waals surface area contributed by atoms with Crippen LogP contribution in [0.3, 0.4) is 0 Å². The molecule has 4 aromatic carbocycles. The summed E-state index contributed by atoms with van der Waals surface area (Å²) in [6.07, 6.45) is -3.37. The van der Waals surface area contributed by atoms with Crippen molar-refractivity contribution in [1.29, 1.82) is 0 Å². The summed E-state index contributed by atoms with van der Waals surface area (Å²) in [4.78, 5) is 6.05. The standard InChI is InChI=1S/C35H29F5N2O3/c1-43-23-8-10-29-25(15-23)26-16-30-24-17-32(45-18-19-3-9-27(28(37)13-19)35(38,39)40)31(44-2)14-21(24)11-12-42(30)34(33(26)41-29)20-4-6-22(36)7-5-20/h3-10,13-15,17,30,34,41H,11-12,16,18H2,1-2H3. The van der Waals surface area contributed by atoms with Gasteiger partial charge in [-0.25, -0.2) is 8.78 Å². The molecule has 5 nitrogen and oxygen atoms in total. The van der Waals surface area contributed by atoms with Crippen LogP contribution in [0.5, 0.6) is 17.2 Å². The van der Waals surface area contributed by atoms with E-state index in [0.717, 1.165) is 69.7 Å². The Morgan fingerprint density at radius 2 is 1.69 bits per heavy atom. The Balaban J connectivity index is 1.29. The first-order valence-electron chi connectivity index (χ1n) is 14.5. The number of aromatic amines is 1. The maximum atomic E-state index is 14.2. The first kappa shape index (κ1) is 29.2. The number of alkyl halides is 3. The number of aromatic nitrogens is 1. The van der Waals surface area contributed by atoms with Crippen molar-refractivity contribution in [2.24, 2.45) is 0 Å². The minimum atomic E-state index is -4.78. The number of ether oxygens (including phenoxy) is 3. The van der Waals surface area contributed by atoms with Crippen molar-refractivity contribution >= 4 is 10.9 Å². The Bertz CT molecular complexity index is 1900. The van der Waals surface area contributed by atoms with Crippen LogP contribution in [-0.2, 0) is 25.6 Å². The second-order valence-corrected chi connectivity index (χ2v) is 11.4. The lowest BCUT2D eigenvalue weighted by Gasteiger charge is -2.46. The second-order valence-electron chi connectivity index (χ2n) is 11.4. The van der Waals surface area contributed by atoms with Gasteiger partial charge in [-0.05, 0) is 95.3 Å². The Morgan fingerprint density at radius 3 is 2.40 bits per heavy atom. The number of nitrogens with zero attached hydrogens (tertiary/aromatic N) is 1. The molecule has 2 unspecified atom stereocenters. The largest absolute Gasteiger partial charge is 0.497 e. The van der Waals surface area contributed by atoms with Crippen molar-refractivity contribution in [3.05, 3.63) is 124 Å². The lowest BCUT2D eigenvalue weighted by Crippen LogP contribution is -2.43. The fourth-order valence-corrected chi connectivity index (χ4v) is 6.77. The topological polar surface area (TPSA) is 46.7 Å². The second kappa shape index (κ2) is 11.1. The normalized spacial score (nSPS) is 17.8. The number of hydrogen-bond donors (Lipinski definition) is 1. The molecule has 0 saturated carbocycles. The summed E-state index contributed by atoms with van der Waals surface area (Å²) in [5.41, 5.74) is 5.21. The van der Waals surface area contributed by atoms with E-state index in [2.05, 4.69) is 9.88 Å². The molecule has 0 aliphatic carbocycles. The van der Waals surface area contributed by atoms with Crippen LogP contribution in [0.2, 0.25) is 0 Å². The first-order valence-corrected chi connectivity index (χ1v) is 14.5. The highest BCUT2D eigenvalue weighted by atomic mass is 19.4.